The van der Waals surface area contributed by atoms with Gasteiger partial charge in [-0.15, -0.1) is 0 Å². The van der Waals surface area contributed by atoms with Crippen LogP contribution in [0.5, 0.6) is 0 Å². The third kappa shape index (κ3) is 5.83. The first-order chi connectivity index (χ1) is 19.4. The molecule has 2 aliphatic rings. The molecular formula is C31H31N3O6. The Hall–Kier alpha value is -4.66. The van der Waals surface area contributed by atoms with Crippen LogP contribution in [0.25, 0.3) is 11.1 Å². The largest absolute Gasteiger partial charge is 0.480 e. The summed E-state index contributed by atoms with van der Waals surface area (Å²) in [6.45, 7) is -0.0828. The fraction of sp³-hybridized carbons (Fsp3) is 0.290. The minimum Gasteiger partial charge on any atom is -0.480 e. The summed E-state index contributed by atoms with van der Waals surface area (Å²) >= 11 is 0. The number of rotatable bonds is 9. The predicted molar refractivity (Wildman–Crippen MR) is 148 cm³/mol. The van der Waals surface area contributed by atoms with Gasteiger partial charge in [0, 0.05) is 18.9 Å². The van der Waals surface area contributed by atoms with E-state index in [0.717, 1.165) is 27.8 Å². The SMILES string of the molecule is O=C(O)CNC(=O)[C@@H]1CCCN1C(=O)[C@H](Cc1ccccc1)NC(=O)OCC1c2ccccc2-c2ccccc21. The maximum Gasteiger partial charge on any atom is 0.407 e. The Bertz CT molecular complexity index is 1360. The van der Waals surface area contributed by atoms with Gasteiger partial charge in [0.2, 0.25) is 11.8 Å². The van der Waals surface area contributed by atoms with Crippen molar-refractivity contribution in [2.45, 2.75) is 37.3 Å². The first kappa shape index (κ1) is 26.9. The summed E-state index contributed by atoms with van der Waals surface area (Å²) in [5.74, 6) is -2.22. The molecule has 0 radical (unpaired) electrons. The summed E-state index contributed by atoms with van der Waals surface area (Å²) in [5, 5.41) is 14.0. The first-order valence-corrected chi connectivity index (χ1v) is 13.4. The highest BCUT2D eigenvalue weighted by molar-refractivity contribution is 5.93. The summed E-state index contributed by atoms with van der Waals surface area (Å²) in [6.07, 6.45) is 0.506. The summed E-state index contributed by atoms with van der Waals surface area (Å²) in [6, 6.07) is 23.6. The summed E-state index contributed by atoms with van der Waals surface area (Å²) in [5.41, 5.74) is 5.24. The van der Waals surface area contributed by atoms with E-state index in [1.54, 1.807) is 0 Å². The highest BCUT2D eigenvalue weighted by Crippen LogP contribution is 2.44. The number of alkyl carbamates (subject to hydrolysis) is 1. The predicted octanol–water partition coefficient (Wildman–Crippen LogP) is 3.33. The van der Waals surface area contributed by atoms with Crippen LogP contribution >= 0.6 is 0 Å². The smallest absolute Gasteiger partial charge is 0.407 e. The number of carboxylic acid groups (broad SMARTS) is 1. The molecular weight excluding hydrogens is 510 g/mol. The van der Waals surface area contributed by atoms with Crippen molar-refractivity contribution in [3.05, 3.63) is 95.6 Å². The molecule has 0 spiro atoms. The molecule has 1 aliphatic heterocycles. The zero-order valence-corrected chi connectivity index (χ0v) is 21.9. The molecule has 3 aromatic carbocycles. The summed E-state index contributed by atoms with van der Waals surface area (Å²) in [4.78, 5) is 51.7. The van der Waals surface area contributed by atoms with Crippen molar-refractivity contribution < 1.29 is 29.0 Å². The van der Waals surface area contributed by atoms with Crippen molar-refractivity contribution in [2.24, 2.45) is 0 Å². The van der Waals surface area contributed by atoms with Crippen LogP contribution in [-0.4, -0.2) is 65.7 Å². The number of carbonyl (C=O) groups excluding carboxylic acids is 3. The van der Waals surface area contributed by atoms with Crippen molar-refractivity contribution in [3.8, 4) is 11.1 Å². The monoisotopic (exact) mass is 541 g/mol. The Kier molecular flexibility index (Phi) is 8.10. The lowest BCUT2D eigenvalue weighted by Gasteiger charge is -2.28. The van der Waals surface area contributed by atoms with E-state index in [9.17, 15) is 19.2 Å². The standard InChI is InChI=1S/C31H31N3O6/c35-28(36)18-32-29(37)27-15-8-16-34(27)30(38)26(17-20-9-2-1-3-10-20)33-31(39)40-19-25-23-13-6-4-11-21(23)22-12-5-7-14-24(22)25/h1-7,9-14,25-27H,8,15-19H2,(H,32,37)(H,33,39)(H,35,36)/t26-,27-/m0/s1. The lowest BCUT2D eigenvalue weighted by molar-refractivity contribution is -0.141. The second-order valence-corrected chi connectivity index (χ2v) is 10.0. The number of ether oxygens (including phenoxy) is 1. The van der Waals surface area contributed by atoms with Gasteiger partial charge in [-0.25, -0.2) is 4.79 Å². The molecule has 40 heavy (non-hydrogen) atoms. The molecule has 206 valence electrons. The number of carbonyl (C=O) groups is 4. The quantitative estimate of drug-likeness (QED) is 0.382. The lowest BCUT2D eigenvalue weighted by atomic mass is 9.98. The van der Waals surface area contributed by atoms with E-state index in [2.05, 4.69) is 22.8 Å². The number of likely N-dealkylation sites (tertiary alicyclic amines) is 1. The number of nitrogens with one attached hydrogen (secondary N) is 2. The van der Waals surface area contributed by atoms with Gasteiger partial charge in [-0.05, 0) is 40.7 Å². The normalized spacial score (nSPS) is 16.5. The topological polar surface area (TPSA) is 125 Å². The average molecular weight is 542 g/mol. The minimum atomic E-state index is -1.16. The number of benzene rings is 3. The van der Waals surface area contributed by atoms with Gasteiger partial charge >= 0.3 is 12.1 Å². The average Bonchev–Trinajstić information content (AvgIpc) is 3.58. The summed E-state index contributed by atoms with van der Waals surface area (Å²) in [7, 11) is 0. The zero-order chi connectivity index (χ0) is 28.1. The molecule has 0 bridgehead atoms. The molecule has 2 atom stereocenters. The van der Waals surface area contributed by atoms with Gasteiger partial charge in [-0.1, -0.05) is 78.9 Å². The highest BCUT2D eigenvalue weighted by Gasteiger charge is 2.38. The fourth-order valence-corrected chi connectivity index (χ4v) is 5.62. The molecule has 3 aromatic rings. The number of amides is 3. The molecule has 3 N–H and O–H groups in total. The van der Waals surface area contributed by atoms with Crippen molar-refractivity contribution in [1.82, 2.24) is 15.5 Å². The van der Waals surface area contributed by atoms with Gasteiger partial charge in [0.15, 0.2) is 0 Å². The highest BCUT2D eigenvalue weighted by atomic mass is 16.5. The number of fused-ring (bicyclic) bond motifs is 3. The van der Waals surface area contributed by atoms with E-state index >= 15 is 0 Å². The molecule has 0 aromatic heterocycles. The molecule has 5 rings (SSSR count). The Labute approximate surface area is 232 Å². The van der Waals surface area contributed by atoms with Gasteiger partial charge in [0.25, 0.3) is 0 Å². The van der Waals surface area contributed by atoms with E-state index < -0.39 is 42.5 Å². The second kappa shape index (κ2) is 12.0. The molecule has 9 nitrogen and oxygen atoms in total. The van der Waals surface area contributed by atoms with Gasteiger partial charge < -0.3 is 25.4 Å². The molecule has 0 saturated carbocycles. The molecule has 1 aliphatic carbocycles. The van der Waals surface area contributed by atoms with E-state index in [4.69, 9.17) is 9.84 Å². The Morgan fingerprint density at radius 1 is 0.900 bits per heavy atom. The maximum atomic E-state index is 13.7. The Morgan fingerprint density at radius 3 is 2.17 bits per heavy atom. The Morgan fingerprint density at radius 2 is 1.52 bits per heavy atom. The van der Waals surface area contributed by atoms with Crippen LogP contribution in [0, 0.1) is 0 Å². The van der Waals surface area contributed by atoms with Crippen molar-refractivity contribution >= 4 is 23.9 Å². The molecule has 1 saturated heterocycles. The van der Waals surface area contributed by atoms with E-state index in [0.29, 0.717) is 19.4 Å². The van der Waals surface area contributed by atoms with Crippen molar-refractivity contribution in [3.63, 3.8) is 0 Å². The van der Waals surface area contributed by atoms with Crippen molar-refractivity contribution in [2.75, 3.05) is 19.7 Å². The summed E-state index contributed by atoms with van der Waals surface area (Å²) < 4.78 is 5.69. The fourth-order valence-electron chi connectivity index (χ4n) is 5.62. The van der Waals surface area contributed by atoms with Crippen LogP contribution in [0.2, 0.25) is 0 Å². The van der Waals surface area contributed by atoms with Crippen molar-refractivity contribution in [1.29, 1.82) is 0 Å². The molecule has 1 fully saturated rings. The van der Waals surface area contributed by atoms with Crippen LogP contribution < -0.4 is 10.6 Å². The van der Waals surface area contributed by atoms with Gasteiger partial charge in [0.05, 0.1) is 0 Å². The third-order valence-electron chi connectivity index (χ3n) is 7.47. The van der Waals surface area contributed by atoms with Crippen LogP contribution in [0.1, 0.15) is 35.4 Å². The second-order valence-electron chi connectivity index (χ2n) is 10.0. The number of nitrogens with zero attached hydrogens (tertiary/aromatic N) is 1. The molecule has 3 amide bonds. The van der Waals surface area contributed by atoms with Crippen LogP contribution in [-0.2, 0) is 25.5 Å². The maximum absolute atomic E-state index is 13.7. The first-order valence-electron chi connectivity index (χ1n) is 13.4. The van der Waals surface area contributed by atoms with E-state index in [1.807, 2.05) is 66.7 Å². The molecule has 0 unspecified atom stereocenters. The van der Waals surface area contributed by atoms with Crippen LogP contribution in [0.3, 0.4) is 0 Å². The number of hydrogen-bond acceptors (Lipinski definition) is 5. The lowest BCUT2D eigenvalue weighted by Crippen LogP contribution is -2.54. The van der Waals surface area contributed by atoms with Crippen LogP contribution in [0.4, 0.5) is 4.79 Å². The molecule has 1 heterocycles. The van der Waals surface area contributed by atoms with Gasteiger partial charge in [0.1, 0.15) is 25.2 Å². The minimum absolute atomic E-state index is 0.107. The van der Waals surface area contributed by atoms with E-state index in [-0.39, 0.29) is 18.9 Å². The van der Waals surface area contributed by atoms with Crippen LogP contribution in [0.15, 0.2) is 78.9 Å². The molecule has 9 heteroatoms. The number of aliphatic carboxylic acids is 1. The number of hydrogen-bond donors (Lipinski definition) is 3. The number of carboxylic acids is 1. The van der Waals surface area contributed by atoms with Gasteiger partial charge in [-0.3, -0.25) is 14.4 Å². The van der Waals surface area contributed by atoms with Gasteiger partial charge in [-0.2, -0.15) is 0 Å². The zero-order valence-electron chi connectivity index (χ0n) is 21.9. The van der Waals surface area contributed by atoms with E-state index in [1.165, 1.54) is 4.90 Å². The third-order valence-corrected chi connectivity index (χ3v) is 7.47. The Balaban J connectivity index is 1.29.